The Kier molecular flexibility index (Phi) is 6.15. The highest BCUT2D eigenvalue weighted by molar-refractivity contribution is 5.88. The third-order valence-electron chi connectivity index (χ3n) is 5.38. The lowest BCUT2D eigenvalue weighted by Crippen LogP contribution is -2.60. The first-order chi connectivity index (χ1) is 15.7. The average molecular weight is 462 g/mol. The molecule has 0 saturated carbocycles. The highest BCUT2D eigenvalue weighted by Crippen LogP contribution is 2.36. The number of rotatable bonds is 5. The van der Waals surface area contributed by atoms with E-state index in [0.29, 0.717) is 5.56 Å². The van der Waals surface area contributed by atoms with Crippen molar-refractivity contribution in [3.05, 3.63) is 46.6 Å². The summed E-state index contributed by atoms with van der Waals surface area (Å²) in [6.45, 7) is -0.593. The van der Waals surface area contributed by atoms with Gasteiger partial charge in [0.2, 0.25) is 17.5 Å². The largest absolute Gasteiger partial charge is 0.507 e. The molecule has 0 radical (unpaired) electrons. The number of phenolic OH excluding ortho intramolecular Hbond substituents is 1. The fourth-order valence-electron chi connectivity index (χ4n) is 3.56. The Labute approximate surface area is 186 Å². The number of aromatic hydroxyl groups is 2. The van der Waals surface area contributed by atoms with Gasteiger partial charge in [0, 0.05) is 17.7 Å². The van der Waals surface area contributed by atoms with Gasteiger partial charge in [-0.2, -0.15) is 0 Å². The van der Waals surface area contributed by atoms with Crippen molar-refractivity contribution in [2.75, 3.05) is 13.7 Å². The van der Waals surface area contributed by atoms with E-state index in [-0.39, 0.29) is 28.2 Å². The van der Waals surface area contributed by atoms with E-state index < -0.39 is 54.2 Å². The molecule has 33 heavy (non-hydrogen) atoms. The smallest absolute Gasteiger partial charge is 0.238 e. The standard InChI is InChI=1S/C22H22O11/c1-30-11-6-12(24)15-13(7-11)32-21(19(28)17(15)26)9-2-4-10(5-3-9)31-22-20(29)18(27)16(25)14(8-23)33-22/h2-7,14,16,18,20,22-25,27-29H,8H2,1H3/t14-,16-,18?,20?,22-/m1/s1. The van der Waals surface area contributed by atoms with Crippen LogP contribution >= 0.6 is 0 Å². The number of ether oxygens (including phenoxy) is 3. The zero-order chi connectivity index (χ0) is 23.9. The first kappa shape index (κ1) is 22.8. The molecule has 0 aliphatic carbocycles. The van der Waals surface area contributed by atoms with E-state index in [1.54, 1.807) is 0 Å². The summed E-state index contributed by atoms with van der Waals surface area (Å²) in [5, 5.41) is 59.3. The summed E-state index contributed by atoms with van der Waals surface area (Å²) in [6, 6.07) is 8.42. The van der Waals surface area contributed by atoms with Crippen molar-refractivity contribution in [1.29, 1.82) is 0 Å². The molecule has 1 fully saturated rings. The maximum Gasteiger partial charge on any atom is 0.238 e. The molecular formula is C22H22O11. The van der Waals surface area contributed by atoms with E-state index in [9.17, 15) is 35.4 Å². The zero-order valence-electron chi connectivity index (χ0n) is 17.3. The zero-order valence-corrected chi connectivity index (χ0v) is 17.3. The number of hydrogen-bond donors (Lipinski definition) is 6. The van der Waals surface area contributed by atoms with E-state index >= 15 is 0 Å². The van der Waals surface area contributed by atoms with Crippen LogP contribution in [0.5, 0.6) is 23.0 Å². The van der Waals surface area contributed by atoms with Gasteiger partial charge in [0.15, 0.2) is 5.76 Å². The van der Waals surface area contributed by atoms with E-state index in [1.165, 1.54) is 43.5 Å². The third kappa shape index (κ3) is 4.08. The average Bonchev–Trinajstić information content (AvgIpc) is 2.81. The molecule has 6 N–H and O–H groups in total. The predicted octanol–water partition coefficient (Wildman–Crippen LogP) is 0.0585. The first-order valence-corrected chi connectivity index (χ1v) is 9.89. The van der Waals surface area contributed by atoms with Gasteiger partial charge in [-0.15, -0.1) is 0 Å². The molecule has 1 aliphatic rings. The van der Waals surface area contributed by atoms with Crippen LogP contribution in [-0.4, -0.2) is 75.1 Å². The van der Waals surface area contributed by atoms with E-state index in [0.717, 1.165) is 0 Å². The predicted molar refractivity (Wildman–Crippen MR) is 112 cm³/mol. The maximum absolute atomic E-state index is 12.6. The van der Waals surface area contributed by atoms with Crippen LogP contribution in [0, 0.1) is 0 Å². The van der Waals surface area contributed by atoms with Crippen molar-refractivity contribution in [2.24, 2.45) is 0 Å². The molecule has 11 nitrogen and oxygen atoms in total. The van der Waals surface area contributed by atoms with Crippen LogP contribution in [0.1, 0.15) is 0 Å². The van der Waals surface area contributed by atoms with Gasteiger partial charge in [-0.1, -0.05) is 0 Å². The number of phenols is 1. The van der Waals surface area contributed by atoms with Gasteiger partial charge in [0.25, 0.3) is 0 Å². The van der Waals surface area contributed by atoms with Crippen molar-refractivity contribution in [3.63, 3.8) is 0 Å². The summed E-state index contributed by atoms with van der Waals surface area (Å²) >= 11 is 0. The highest BCUT2D eigenvalue weighted by atomic mass is 16.7. The highest BCUT2D eigenvalue weighted by Gasteiger charge is 2.44. The summed E-state index contributed by atoms with van der Waals surface area (Å²) in [5.41, 5.74) is -0.519. The van der Waals surface area contributed by atoms with Crippen molar-refractivity contribution >= 4 is 11.0 Å². The SMILES string of the molecule is COc1cc(O)c2c(=O)c(O)c(-c3ccc(O[C@@H]4O[C@H](CO)[C@@H](O)C(O)C4O)cc3)oc2c1. The van der Waals surface area contributed by atoms with Crippen LogP contribution in [0.4, 0.5) is 0 Å². The Balaban J connectivity index is 1.63. The van der Waals surface area contributed by atoms with Gasteiger partial charge < -0.3 is 49.3 Å². The van der Waals surface area contributed by atoms with E-state index in [4.69, 9.17) is 18.6 Å². The Bertz CT molecular complexity index is 1200. The van der Waals surface area contributed by atoms with E-state index in [1.807, 2.05) is 0 Å². The van der Waals surface area contributed by atoms with Gasteiger partial charge >= 0.3 is 0 Å². The van der Waals surface area contributed by atoms with Crippen molar-refractivity contribution < 1.29 is 49.3 Å². The summed E-state index contributed by atoms with van der Waals surface area (Å²) in [4.78, 5) is 12.6. The maximum atomic E-state index is 12.6. The molecule has 0 bridgehead atoms. The van der Waals surface area contributed by atoms with Crippen LogP contribution in [0.2, 0.25) is 0 Å². The fourth-order valence-corrected chi connectivity index (χ4v) is 3.56. The quantitative estimate of drug-likeness (QED) is 0.302. The minimum Gasteiger partial charge on any atom is -0.507 e. The van der Waals surface area contributed by atoms with Gasteiger partial charge in [-0.25, -0.2) is 0 Å². The topological polar surface area (TPSA) is 179 Å². The summed E-state index contributed by atoms with van der Waals surface area (Å²) in [5.74, 6) is -0.818. The Hall–Kier alpha value is -3.35. The molecule has 11 heteroatoms. The second kappa shape index (κ2) is 8.89. The van der Waals surface area contributed by atoms with E-state index in [2.05, 4.69) is 0 Å². The summed E-state index contributed by atoms with van der Waals surface area (Å²) in [6.07, 6.45) is -7.16. The molecular weight excluding hydrogens is 440 g/mol. The van der Waals surface area contributed by atoms with Crippen LogP contribution in [0.25, 0.3) is 22.3 Å². The van der Waals surface area contributed by atoms with Crippen LogP contribution < -0.4 is 14.9 Å². The molecule has 4 rings (SSSR count). The molecule has 176 valence electrons. The van der Waals surface area contributed by atoms with Crippen molar-refractivity contribution in [2.45, 2.75) is 30.7 Å². The van der Waals surface area contributed by atoms with Gasteiger partial charge in [-0.05, 0) is 24.3 Å². The molecule has 2 heterocycles. The minimum absolute atomic E-state index is 0.00583. The molecule has 0 amide bonds. The summed E-state index contributed by atoms with van der Waals surface area (Å²) < 4.78 is 21.5. The molecule has 1 saturated heterocycles. The molecule has 0 spiro atoms. The van der Waals surface area contributed by atoms with Gasteiger partial charge in [-0.3, -0.25) is 4.79 Å². The first-order valence-electron chi connectivity index (χ1n) is 9.89. The fraction of sp³-hybridized carbons (Fsp3) is 0.318. The Morgan fingerprint density at radius 2 is 1.67 bits per heavy atom. The number of aliphatic hydroxyl groups is 4. The van der Waals surface area contributed by atoms with Crippen LogP contribution in [-0.2, 0) is 4.74 Å². The number of methoxy groups -OCH3 is 1. The number of aliphatic hydroxyl groups excluding tert-OH is 4. The lowest BCUT2D eigenvalue weighted by atomic mass is 9.99. The molecule has 1 aliphatic heterocycles. The van der Waals surface area contributed by atoms with Crippen LogP contribution in [0.3, 0.4) is 0 Å². The normalized spacial score (nSPS) is 25.2. The van der Waals surface area contributed by atoms with Gasteiger partial charge in [0.1, 0.15) is 52.6 Å². The van der Waals surface area contributed by atoms with Crippen molar-refractivity contribution in [1.82, 2.24) is 0 Å². The summed E-state index contributed by atoms with van der Waals surface area (Å²) in [7, 11) is 1.38. The van der Waals surface area contributed by atoms with Crippen LogP contribution in [0.15, 0.2) is 45.6 Å². The molecule has 2 unspecified atom stereocenters. The number of benzene rings is 2. The third-order valence-corrected chi connectivity index (χ3v) is 5.38. The molecule has 5 atom stereocenters. The lowest BCUT2D eigenvalue weighted by molar-refractivity contribution is -0.277. The molecule has 2 aromatic carbocycles. The second-order valence-corrected chi connectivity index (χ2v) is 7.47. The van der Waals surface area contributed by atoms with Crippen molar-refractivity contribution in [3.8, 4) is 34.3 Å². The number of fused-ring (bicyclic) bond motifs is 1. The monoisotopic (exact) mass is 462 g/mol. The Morgan fingerprint density at radius 1 is 0.970 bits per heavy atom. The molecule has 3 aromatic rings. The Morgan fingerprint density at radius 3 is 2.30 bits per heavy atom. The lowest BCUT2D eigenvalue weighted by Gasteiger charge is -2.39. The minimum atomic E-state index is -1.59. The number of hydrogen-bond acceptors (Lipinski definition) is 11. The van der Waals surface area contributed by atoms with Gasteiger partial charge in [0.05, 0.1) is 13.7 Å². The molecule has 1 aromatic heterocycles. The second-order valence-electron chi connectivity index (χ2n) is 7.47.